The van der Waals surface area contributed by atoms with Gasteiger partial charge in [0.2, 0.25) is 0 Å². The fourth-order valence-electron chi connectivity index (χ4n) is 4.02. The third-order valence-electron chi connectivity index (χ3n) is 5.55. The molecule has 1 unspecified atom stereocenters. The first kappa shape index (κ1) is 21.2. The van der Waals surface area contributed by atoms with E-state index in [1.807, 2.05) is 25.1 Å². The van der Waals surface area contributed by atoms with Gasteiger partial charge >= 0.3 is 5.97 Å². The van der Waals surface area contributed by atoms with E-state index in [0.717, 1.165) is 37.1 Å². The summed E-state index contributed by atoms with van der Waals surface area (Å²) in [5.41, 5.74) is 3.76. The maximum absolute atomic E-state index is 13.2. The van der Waals surface area contributed by atoms with Crippen molar-refractivity contribution in [1.29, 1.82) is 0 Å². The first-order chi connectivity index (χ1) is 13.9. The Bertz CT molecular complexity index is 849. The highest BCUT2D eigenvalue weighted by Gasteiger charge is 2.31. The largest absolute Gasteiger partial charge is 0.493 e. The lowest BCUT2D eigenvalue weighted by Crippen LogP contribution is -2.34. The van der Waals surface area contributed by atoms with E-state index in [2.05, 4.69) is 43.9 Å². The number of hydrogen-bond donors (Lipinski definition) is 0. The van der Waals surface area contributed by atoms with Gasteiger partial charge in [0.1, 0.15) is 17.1 Å². The molecule has 3 rings (SSSR count). The number of para-hydroxylation sites is 1. The normalized spacial score (nSPS) is 15.9. The van der Waals surface area contributed by atoms with Crippen molar-refractivity contribution in [3.05, 3.63) is 53.1 Å². The highest BCUT2D eigenvalue weighted by atomic mass is 16.5. The van der Waals surface area contributed by atoms with Gasteiger partial charge in [0, 0.05) is 25.3 Å². The molecule has 2 aromatic rings. The molecule has 0 bridgehead atoms. The van der Waals surface area contributed by atoms with E-state index in [-0.39, 0.29) is 5.97 Å². The van der Waals surface area contributed by atoms with Gasteiger partial charge in [0.15, 0.2) is 0 Å². The average molecular weight is 397 g/mol. The molecule has 0 aromatic heterocycles. The summed E-state index contributed by atoms with van der Waals surface area (Å²) >= 11 is 0. The van der Waals surface area contributed by atoms with E-state index >= 15 is 0 Å². The van der Waals surface area contributed by atoms with Gasteiger partial charge in [-0.15, -0.1) is 0 Å². The fourth-order valence-corrected chi connectivity index (χ4v) is 4.02. The number of carbonyl (C=O) groups is 1. The topological polar surface area (TPSA) is 42.0 Å². The molecule has 5 nitrogen and oxygen atoms in total. The minimum atomic E-state index is -0.372. The molecule has 0 amide bonds. The second-order valence-corrected chi connectivity index (χ2v) is 7.91. The molecule has 0 radical (unpaired) electrons. The molecule has 29 heavy (non-hydrogen) atoms. The highest BCUT2D eigenvalue weighted by molar-refractivity contribution is 5.98. The lowest BCUT2D eigenvalue weighted by atomic mass is 9.90. The van der Waals surface area contributed by atoms with Crippen LogP contribution in [0.25, 0.3) is 0 Å². The third-order valence-corrected chi connectivity index (χ3v) is 5.55. The zero-order chi connectivity index (χ0) is 21.0. The van der Waals surface area contributed by atoms with Crippen LogP contribution in [-0.4, -0.2) is 45.2 Å². The van der Waals surface area contributed by atoms with Crippen LogP contribution in [0.2, 0.25) is 0 Å². The Hall–Kier alpha value is -2.53. The molecular formula is C24H32N2O3. The summed E-state index contributed by atoms with van der Waals surface area (Å²) in [5, 5.41) is 0. The predicted molar refractivity (Wildman–Crippen MR) is 117 cm³/mol. The number of hydrogen-bond acceptors (Lipinski definition) is 5. The highest BCUT2D eigenvalue weighted by Crippen LogP contribution is 2.43. The molecule has 0 fully saturated rings. The Balaban J connectivity index is 2.07. The smallest absolute Gasteiger partial charge is 0.347 e. The number of unbranched alkanes of at least 4 members (excludes halogenated alkanes) is 1. The minimum Gasteiger partial charge on any atom is -0.493 e. The third kappa shape index (κ3) is 4.56. The molecule has 1 atom stereocenters. The van der Waals surface area contributed by atoms with Gasteiger partial charge in [-0.1, -0.05) is 31.5 Å². The summed E-state index contributed by atoms with van der Waals surface area (Å²) < 4.78 is 11.8. The Morgan fingerprint density at radius 1 is 1.24 bits per heavy atom. The van der Waals surface area contributed by atoms with E-state index in [1.165, 1.54) is 5.56 Å². The van der Waals surface area contributed by atoms with Gasteiger partial charge in [-0.25, -0.2) is 4.79 Å². The van der Waals surface area contributed by atoms with Crippen molar-refractivity contribution >= 4 is 11.7 Å². The van der Waals surface area contributed by atoms with Crippen LogP contribution >= 0.6 is 0 Å². The molecule has 0 aliphatic carbocycles. The predicted octanol–water partition coefficient (Wildman–Crippen LogP) is 4.84. The summed E-state index contributed by atoms with van der Waals surface area (Å²) in [4.78, 5) is 17.6. The molecule has 0 spiro atoms. The monoisotopic (exact) mass is 396 g/mol. The van der Waals surface area contributed by atoms with Crippen LogP contribution in [0, 0.1) is 6.92 Å². The van der Waals surface area contributed by atoms with Crippen LogP contribution < -0.4 is 14.4 Å². The van der Waals surface area contributed by atoms with Crippen molar-refractivity contribution < 1.29 is 14.3 Å². The van der Waals surface area contributed by atoms with Crippen molar-refractivity contribution in [3.8, 4) is 11.5 Å². The number of esters is 1. The van der Waals surface area contributed by atoms with Crippen LogP contribution in [0.4, 0.5) is 5.69 Å². The molecule has 1 aliphatic rings. The first-order valence-electron chi connectivity index (χ1n) is 10.4. The Morgan fingerprint density at radius 3 is 2.62 bits per heavy atom. The maximum Gasteiger partial charge on any atom is 0.347 e. The number of benzene rings is 2. The summed E-state index contributed by atoms with van der Waals surface area (Å²) in [6.07, 6.45) is 3.02. The van der Waals surface area contributed by atoms with Crippen molar-refractivity contribution in [3.63, 3.8) is 0 Å². The van der Waals surface area contributed by atoms with Crippen molar-refractivity contribution in [2.45, 2.75) is 39.2 Å². The number of anilines is 1. The SMILES string of the molecule is CCCCOc1cc2c(c(C)c1C(=O)Oc1ccccc1)N(C)CCC2N(C)C. The van der Waals surface area contributed by atoms with Gasteiger partial charge < -0.3 is 19.3 Å². The van der Waals surface area contributed by atoms with Crippen LogP contribution in [0.1, 0.15) is 53.7 Å². The van der Waals surface area contributed by atoms with E-state index in [0.29, 0.717) is 29.7 Å². The van der Waals surface area contributed by atoms with Crippen molar-refractivity contribution in [1.82, 2.24) is 4.90 Å². The van der Waals surface area contributed by atoms with Crippen LogP contribution in [0.5, 0.6) is 11.5 Å². The molecule has 1 heterocycles. The lowest BCUT2D eigenvalue weighted by molar-refractivity contribution is 0.0729. The molecule has 0 N–H and O–H groups in total. The molecule has 2 aromatic carbocycles. The zero-order valence-electron chi connectivity index (χ0n) is 18.2. The van der Waals surface area contributed by atoms with Gasteiger partial charge in [-0.3, -0.25) is 0 Å². The maximum atomic E-state index is 13.2. The van der Waals surface area contributed by atoms with Crippen LogP contribution in [0.15, 0.2) is 36.4 Å². The number of ether oxygens (including phenoxy) is 2. The zero-order valence-corrected chi connectivity index (χ0v) is 18.2. The van der Waals surface area contributed by atoms with Crippen LogP contribution in [-0.2, 0) is 0 Å². The van der Waals surface area contributed by atoms with Crippen molar-refractivity contribution in [2.24, 2.45) is 0 Å². The summed E-state index contributed by atoms with van der Waals surface area (Å²) in [5.74, 6) is 0.787. The van der Waals surface area contributed by atoms with E-state index < -0.39 is 0 Å². The Labute approximate surface area is 174 Å². The quantitative estimate of drug-likeness (QED) is 0.381. The average Bonchev–Trinajstić information content (AvgIpc) is 2.68. The molecular weight excluding hydrogens is 364 g/mol. The molecule has 1 aliphatic heterocycles. The molecule has 0 saturated carbocycles. The number of nitrogens with zero attached hydrogens (tertiary/aromatic N) is 2. The van der Waals surface area contributed by atoms with E-state index in [1.54, 1.807) is 12.1 Å². The van der Waals surface area contributed by atoms with Gasteiger partial charge in [0.05, 0.1) is 6.61 Å². The van der Waals surface area contributed by atoms with E-state index in [4.69, 9.17) is 9.47 Å². The first-order valence-corrected chi connectivity index (χ1v) is 10.4. The standard InChI is InChI=1S/C24H32N2O3/c1-6-7-15-28-21-16-19-20(25(3)4)13-14-26(5)23(19)17(2)22(21)24(27)29-18-11-9-8-10-12-18/h8-12,16,20H,6-7,13-15H2,1-5H3. The molecule has 0 saturated heterocycles. The second kappa shape index (κ2) is 9.31. The number of fused-ring (bicyclic) bond motifs is 1. The summed E-state index contributed by atoms with van der Waals surface area (Å²) in [6.45, 7) is 5.66. The number of carbonyl (C=O) groups excluding carboxylic acids is 1. The minimum absolute atomic E-state index is 0.299. The second-order valence-electron chi connectivity index (χ2n) is 7.91. The van der Waals surface area contributed by atoms with E-state index in [9.17, 15) is 4.79 Å². The summed E-state index contributed by atoms with van der Waals surface area (Å²) in [6, 6.07) is 11.5. The Morgan fingerprint density at radius 2 is 1.97 bits per heavy atom. The lowest BCUT2D eigenvalue weighted by Gasteiger charge is -2.38. The molecule has 156 valence electrons. The van der Waals surface area contributed by atoms with Gasteiger partial charge in [-0.05, 0) is 63.2 Å². The van der Waals surface area contributed by atoms with Gasteiger partial charge in [-0.2, -0.15) is 0 Å². The number of rotatable bonds is 7. The van der Waals surface area contributed by atoms with Gasteiger partial charge in [0.25, 0.3) is 0 Å². The molecule has 5 heteroatoms. The summed E-state index contributed by atoms with van der Waals surface area (Å²) in [7, 11) is 6.29. The van der Waals surface area contributed by atoms with Crippen LogP contribution in [0.3, 0.4) is 0 Å². The fraction of sp³-hybridized carbons (Fsp3) is 0.458. The Kier molecular flexibility index (Phi) is 6.80. The van der Waals surface area contributed by atoms with Crippen molar-refractivity contribution in [2.75, 3.05) is 39.2 Å².